The van der Waals surface area contributed by atoms with Crippen LogP contribution < -0.4 is 5.32 Å². The van der Waals surface area contributed by atoms with E-state index in [2.05, 4.69) is 20.3 Å². The first kappa shape index (κ1) is 15.0. The highest BCUT2D eigenvalue weighted by molar-refractivity contribution is 7.91. The average molecular weight is 323 g/mol. The Morgan fingerprint density at radius 2 is 2.05 bits per heavy atom. The number of aromatic nitrogens is 2. The molecule has 8 heteroatoms. The molecule has 3 rings (SSSR count). The minimum absolute atomic E-state index is 0.0551. The maximum Gasteiger partial charge on any atom is 0.221 e. The fraction of sp³-hybridized carbons (Fsp3) is 0.500. The second kappa shape index (κ2) is 6.04. The van der Waals surface area contributed by atoms with Gasteiger partial charge in [-0.3, -0.25) is 4.79 Å². The lowest BCUT2D eigenvalue weighted by Crippen LogP contribution is -2.33. The lowest BCUT2D eigenvalue weighted by atomic mass is 10.2. The molecule has 1 saturated carbocycles. The molecule has 1 aliphatic carbocycles. The summed E-state index contributed by atoms with van der Waals surface area (Å²) in [6.45, 7) is 0. The van der Waals surface area contributed by atoms with Gasteiger partial charge in [-0.2, -0.15) is 0 Å². The number of nitrogens with one attached hydrogen (secondary N) is 1. The zero-order valence-corrected chi connectivity index (χ0v) is 12.8. The number of hydrogen-bond acceptors (Lipinski definition) is 6. The third-order valence-electron chi connectivity index (χ3n) is 3.90. The molecule has 1 aromatic heterocycles. The molecule has 22 heavy (non-hydrogen) atoms. The molecule has 1 N–H and O–H groups in total. The number of hydrogen-bond donors (Lipinski definition) is 1. The Hall–Kier alpha value is -1.96. The number of sulfone groups is 1. The quantitative estimate of drug-likeness (QED) is 0.893. The maximum atomic E-state index is 12.4. The van der Waals surface area contributed by atoms with Gasteiger partial charge in [-0.25, -0.2) is 13.0 Å². The highest BCUT2D eigenvalue weighted by Crippen LogP contribution is 2.22. The third-order valence-corrected chi connectivity index (χ3v) is 5.64. The average Bonchev–Trinajstić information content (AvgIpc) is 3.15. The number of carbonyl (C=O) groups is 1. The molecule has 1 aromatic carbocycles. The standard InChI is InChI=1S/C14H17N3O4S/c18-13(15-10-4-1-2-5-10)8-9-22(19,20)12-7-3-6-11-14(12)17-21-16-11/h3,6-7,10H,1-2,4-5,8-9H2,(H,15,18). The van der Waals surface area contributed by atoms with Crippen LogP contribution in [-0.2, 0) is 14.6 Å². The number of benzene rings is 1. The van der Waals surface area contributed by atoms with E-state index < -0.39 is 9.84 Å². The summed E-state index contributed by atoms with van der Waals surface area (Å²) in [5.41, 5.74) is 0.593. The van der Waals surface area contributed by atoms with Crippen molar-refractivity contribution >= 4 is 26.8 Å². The molecule has 0 radical (unpaired) electrons. The second-order valence-corrected chi connectivity index (χ2v) is 7.58. The van der Waals surface area contributed by atoms with E-state index in [4.69, 9.17) is 0 Å². The highest BCUT2D eigenvalue weighted by Gasteiger charge is 2.23. The van der Waals surface area contributed by atoms with Crippen LogP contribution in [0.15, 0.2) is 27.7 Å². The SMILES string of the molecule is O=C(CCS(=O)(=O)c1cccc2nonc12)NC1CCCC1. The molecule has 0 spiro atoms. The predicted octanol–water partition coefficient (Wildman–Crippen LogP) is 1.45. The van der Waals surface area contributed by atoms with Crippen molar-refractivity contribution in [2.75, 3.05) is 5.75 Å². The van der Waals surface area contributed by atoms with Crippen LogP contribution in [0.1, 0.15) is 32.1 Å². The molecule has 1 fully saturated rings. The van der Waals surface area contributed by atoms with Gasteiger partial charge in [0.15, 0.2) is 15.4 Å². The number of fused-ring (bicyclic) bond motifs is 1. The Morgan fingerprint density at radius 3 is 2.82 bits per heavy atom. The van der Waals surface area contributed by atoms with E-state index >= 15 is 0 Å². The van der Waals surface area contributed by atoms with Crippen molar-refractivity contribution in [1.82, 2.24) is 15.6 Å². The predicted molar refractivity (Wildman–Crippen MR) is 78.9 cm³/mol. The Morgan fingerprint density at radius 1 is 1.27 bits per heavy atom. The largest absolute Gasteiger partial charge is 0.353 e. The van der Waals surface area contributed by atoms with Crippen LogP contribution in [-0.4, -0.2) is 36.4 Å². The van der Waals surface area contributed by atoms with E-state index in [1.807, 2.05) is 0 Å². The van der Waals surface area contributed by atoms with Gasteiger partial charge < -0.3 is 5.32 Å². The van der Waals surface area contributed by atoms with Gasteiger partial charge >= 0.3 is 0 Å². The first-order valence-electron chi connectivity index (χ1n) is 7.30. The molecule has 1 heterocycles. The lowest BCUT2D eigenvalue weighted by molar-refractivity contribution is -0.121. The van der Waals surface area contributed by atoms with Crippen LogP contribution >= 0.6 is 0 Å². The fourth-order valence-electron chi connectivity index (χ4n) is 2.74. The van der Waals surface area contributed by atoms with Gasteiger partial charge in [-0.05, 0) is 35.3 Å². The molecule has 2 aromatic rings. The molecule has 0 saturated heterocycles. The summed E-state index contributed by atoms with van der Waals surface area (Å²) in [5, 5.41) is 10.1. The molecular formula is C14H17N3O4S. The molecule has 0 aliphatic heterocycles. The molecule has 1 aliphatic rings. The Bertz CT molecular complexity index is 778. The van der Waals surface area contributed by atoms with Crippen molar-refractivity contribution in [2.24, 2.45) is 0 Å². The van der Waals surface area contributed by atoms with E-state index in [0.29, 0.717) is 5.52 Å². The maximum absolute atomic E-state index is 12.4. The van der Waals surface area contributed by atoms with Crippen molar-refractivity contribution in [3.8, 4) is 0 Å². The summed E-state index contributed by atoms with van der Waals surface area (Å²) < 4.78 is 29.4. The van der Waals surface area contributed by atoms with Crippen molar-refractivity contribution in [3.63, 3.8) is 0 Å². The summed E-state index contributed by atoms with van der Waals surface area (Å²) in [6, 6.07) is 4.85. The normalized spacial score (nSPS) is 16.2. The zero-order chi connectivity index (χ0) is 15.6. The summed E-state index contributed by atoms with van der Waals surface area (Å²) in [4.78, 5) is 11.9. The van der Waals surface area contributed by atoms with Crippen molar-refractivity contribution in [3.05, 3.63) is 18.2 Å². The number of carbonyl (C=O) groups excluding carboxylic acids is 1. The van der Waals surface area contributed by atoms with E-state index in [-0.39, 0.29) is 34.5 Å². The van der Waals surface area contributed by atoms with Crippen LogP contribution in [0.5, 0.6) is 0 Å². The van der Waals surface area contributed by atoms with Gasteiger partial charge in [0.05, 0.1) is 10.6 Å². The molecule has 0 unspecified atom stereocenters. The summed E-state index contributed by atoms with van der Waals surface area (Å²) >= 11 is 0. The Balaban J connectivity index is 1.68. The van der Waals surface area contributed by atoms with E-state index in [0.717, 1.165) is 25.7 Å². The first-order valence-corrected chi connectivity index (χ1v) is 8.95. The molecule has 1 amide bonds. The topological polar surface area (TPSA) is 102 Å². The van der Waals surface area contributed by atoms with Gasteiger partial charge in [0, 0.05) is 12.5 Å². The second-order valence-electron chi connectivity index (χ2n) is 5.51. The van der Waals surface area contributed by atoms with Gasteiger partial charge in [-0.1, -0.05) is 18.9 Å². The third kappa shape index (κ3) is 3.11. The monoisotopic (exact) mass is 323 g/mol. The van der Waals surface area contributed by atoms with Crippen LogP contribution in [0.4, 0.5) is 0 Å². The van der Waals surface area contributed by atoms with Gasteiger partial charge in [0.2, 0.25) is 5.91 Å². The molecule has 0 atom stereocenters. The first-order chi connectivity index (χ1) is 10.6. The van der Waals surface area contributed by atoms with Crippen molar-refractivity contribution in [2.45, 2.75) is 43.0 Å². The number of nitrogens with zero attached hydrogens (tertiary/aromatic N) is 2. The van der Waals surface area contributed by atoms with Gasteiger partial charge in [-0.15, -0.1) is 0 Å². The summed E-state index contributed by atoms with van der Waals surface area (Å²) in [7, 11) is -3.61. The van der Waals surface area contributed by atoms with Crippen molar-refractivity contribution < 1.29 is 17.8 Å². The highest BCUT2D eigenvalue weighted by atomic mass is 32.2. The fourth-order valence-corrected chi connectivity index (χ4v) is 4.14. The molecule has 118 valence electrons. The van der Waals surface area contributed by atoms with Crippen molar-refractivity contribution in [1.29, 1.82) is 0 Å². The van der Waals surface area contributed by atoms with E-state index in [1.165, 1.54) is 6.07 Å². The summed E-state index contributed by atoms with van der Waals surface area (Å²) in [5.74, 6) is -0.474. The van der Waals surface area contributed by atoms with Gasteiger partial charge in [0.25, 0.3) is 0 Å². The molecule has 7 nitrogen and oxygen atoms in total. The number of amides is 1. The summed E-state index contributed by atoms with van der Waals surface area (Å²) in [6.07, 6.45) is 4.13. The van der Waals surface area contributed by atoms with Gasteiger partial charge in [0.1, 0.15) is 5.52 Å². The lowest BCUT2D eigenvalue weighted by Gasteiger charge is -2.11. The van der Waals surface area contributed by atoms with Crippen LogP contribution in [0.2, 0.25) is 0 Å². The van der Waals surface area contributed by atoms with E-state index in [9.17, 15) is 13.2 Å². The minimum Gasteiger partial charge on any atom is -0.353 e. The Kier molecular flexibility index (Phi) is 4.10. The van der Waals surface area contributed by atoms with Crippen LogP contribution in [0.25, 0.3) is 11.0 Å². The molecule has 0 bridgehead atoms. The molecular weight excluding hydrogens is 306 g/mol. The smallest absolute Gasteiger partial charge is 0.221 e. The van der Waals surface area contributed by atoms with Crippen LogP contribution in [0, 0.1) is 0 Å². The minimum atomic E-state index is -3.61. The van der Waals surface area contributed by atoms with Crippen LogP contribution in [0.3, 0.4) is 0 Å². The number of rotatable bonds is 5. The zero-order valence-electron chi connectivity index (χ0n) is 12.0. The van der Waals surface area contributed by atoms with E-state index in [1.54, 1.807) is 12.1 Å². The Labute approximate surface area is 127 Å².